The number of esters is 1. The van der Waals surface area contributed by atoms with Crippen molar-refractivity contribution in [3.05, 3.63) is 75.7 Å². The van der Waals surface area contributed by atoms with Crippen LogP contribution < -0.4 is 10.4 Å². The number of methoxy groups -OCH3 is 1. The molecule has 0 saturated carbocycles. The Morgan fingerprint density at radius 2 is 1.93 bits per heavy atom. The number of hydrogen-bond acceptors (Lipinski definition) is 6. The Morgan fingerprint density at radius 3 is 2.75 bits per heavy atom. The minimum absolute atomic E-state index is 0.0262. The van der Waals surface area contributed by atoms with Gasteiger partial charge in [-0.15, -0.1) is 0 Å². The first-order chi connectivity index (χ1) is 13.6. The largest absolute Gasteiger partial charge is 0.507 e. The van der Waals surface area contributed by atoms with Crippen molar-refractivity contribution >= 4 is 23.0 Å². The third-order valence-corrected chi connectivity index (χ3v) is 4.87. The van der Waals surface area contributed by atoms with Crippen molar-refractivity contribution in [2.45, 2.75) is 12.3 Å². The molecule has 1 aliphatic heterocycles. The number of aromatic hydroxyl groups is 1. The van der Waals surface area contributed by atoms with Gasteiger partial charge in [0.2, 0.25) is 0 Å². The van der Waals surface area contributed by atoms with Gasteiger partial charge >= 0.3 is 11.6 Å². The summed E-state index contributed by atoms with van der Waals surface area (Å²) in [4.78, 5) is 24.8. The lowest BCUT2D eigenvalue weighted by Crippen LogP contribution is -2.22. The summed E-state index contributed by atoms with van der Waals surface area (Å²) in [5.74, 6) is -0.711. The van der Waals surface area contributed by atoms with Crippen LogP contribution in [-0.2, 0) is 9.53 Å². The highest BCUT2D eigenvalue weighted by atomic mass is 16.5. The fourth-order valence-electron chi connectivity index (χ4n) is 3.46. The average Bonchev–Trinajstić information content (AvgIpc) is 2.72. The van der Waals surface area contributed by atoms with E-state index in [9.17, 15) is 14.7 Å². The Morgan fingerprint density at radius 1 is 1.18 bits per heavy atom. The molecule has 0 bridgehead atoms. The average molecular weight is 378 g/mol. The van der Waals surface area contributed by atoms with Crippen LogP contribution in [0.4, 0.5) is 0 Å². The number of para-hydroxylation sites is 2. The van der Waals surface area contributed by atoms with E-state index < -0.39 is 17.5 Å². The summed E-state index contributed by atoms with van der Waals surface area (Å²) < 4.78 is 16.0. The molecule has 2 aromatic carbocycles. The molecular formula is C22H18O6. The van der Waals surface area contributed by atoms with Crippen LogP contribution in [0.25, 0.3) is 17.0 Å². The number of ether oxygens (including phenoxy) is 2. The lowest BCUT2D eigenvalue weighted by molar-refractivity contribution is -0.140. The van der Waals surface area contributed by atoms with Crippen molar-refractivity contribution in [2.75, 3.05) is 13.7 Å². The topological polar surface area (TPSA) is 86.0 Å². The molecule has 0 saturated heterocycles. The second-order valence-corrected chi connectivity index (χ2v) is 6.53. The van der Waals surface area contributed by atoms with E-state index in [1.165, 1.54) is 7.11 Å². The number of hydrogen-bond donors (Lipinski definition) is 1. The quantitative estimate of drug-likeness (QED) is 0.551. The SMILES string of the molecule is COC(=O)CC(C1=Cc2ccccc2OC1)c1c(O)c2ccccc2oc1=O. The van der Waals surface area contributed by atoms with Crippen molar-refractivity contribution < 1.29 is 23.8 Å². The molecule has 3 aromatic rings. The van der Waals surface area contributed by atoms with Gasteiger partial charge in [-0.05, 0) is 29.8 Å². The molecule has 142 valence electrons. The van der Waals surface area contributed by atoms with Crippen LogP contribution in [0.15, 0.2) is 63.3 Å². The molecule has 1 N–H and O–H groups in total. The Hall–Kier alpha value is -3.54. The summed E-state index contributed by atoms with van der Waals surface area (Å²) in [6, 6.07) is 14.2. The molecular weight excluding hydrogens is 360 g/mol. The fourth-order valence-corrected chi connectivity index (χ4v) is 3.46. The molecule has 2 heterocycles. The van der Waals surface area contributed by atoms with Crippen molar-refractivity contribution in [3.8, 4) is 11.5 Å². The zero-order valence-corrected chi connectivity index (χ0v) is 15.2. The summed E-state index contributed by atoms with van der Waals surface area (Å²) >= 11 is 0. The van der Waals surface area contributed by atoms with Crippen LogP contribution in [0.2, 0.25) is 0 Å². The van der Waals surface area contributed by atoms with E-state index in [0.717, 1.165) is 11.3 Å². The minimum atomic E-state index is -0.735. The molecule has 0 spiro atoms. The lowest BCUT2D eigenvalue weighted by atomic mass is 9.86. The highest BCUT2D eigenvalue weighted by Gasteiger charge is 2.30. The van der Waals surface area contributed by atoms with Crippen molar-refractivity contribution in [1.29, 1.82) is 0 Å². The second kappa shape index (κ2) is 7.23. The van der Waals surface area contributed by atoms with Gasteiger partial charge in [0.1, 0.15) is 23.7 Å². The van der Waals surface area contributed by atoms with Gasteiger partial charge in [-0.1, -0.05) is 30.3 Å². The van der Waals surface area contributed by atoms with Crippen molar-refractivity contribution in [1.82, 2.24) is 0 Å². The third kappa shape index (κ3) is 3.13. The summed E-state index contributed by atoms with van der Waals surface area (Å²) in [6.07, 6.45) is 1.75. The van der Waals surface area contributed by atoms with Gasteiger partial charge in [-0.25, -0.2) is 4.79 Å². The molecule has 1 atom stereocenters. The van der Waals surface area contributed by atoms with Gasteiger partial charge in [-0.3, -0.25) is 4.79 Å². The van der Waals surface area contributed by atoms with Gasteiger partial charge in [0.05, 0.1) is 24.5 Å². The predicted octanol–water partition coefficient (Wildman–Crippen LogP) is 3.62. The Kier molecular flexibility index (Phi) is 4.61. The summed E-state index contributed by atoms with van der Waals surface area (Å²) in [5, 5.41) is 11.2. The van der Waals surface area contributed by atoms with E-state index in [4.69, 9.17) is 13.9 Å². The fraction of sp³-hybridized carbons (Fsp3) is 0.182. The van der Waals surface area contributed by atoms with E-state index in [1.54, 1.807) is 24.3 Å². The maximum atomic E-state index is 12.7. The van der Waals surface area contributed by atoms with E-state index >= 15 is 0 Å². The molecule has 6 nitrogen and oxygen atoms in total. The molecule has 0 amide bonds. The van der Waals surface area contributed by atoms with Crippen LogP contribution in [0, 0.1) is 0 Å². The number of rotatable bonds is 4. The lowest BCUT2D eigenvalue weighted by Gasteiger charge is -2.24. The number of benzene rings is 2. The van der Waals surface area contributed by atoms with Gasteiger partial charge in [0.25, 0.3) is 0 Å². The van der Waals surface area contributed by atoms with Gasteiger partial charge in [0.15, 0.2) is 0 Å². The summed E-state index contributed by atoms with van der Waals surface area (Å²) in [6.45, 7) is 0.185. The predicted molar refractivity (Wildman–Crippen MR) is 103 cm³/mol. The number of fused-ring (bicyclic) bond motifs is 2. The number of carbonyl (C=O) groups is 1. The van der Waals surface area contributed by atoms with Gasteiger partial charge in [0, 0.05) is 11.5 Å². The molecule has 0 radical (unpaired) electrons. The first-order valence-corrected chi connectivity index (χ1v) is 8.82. The maximum absolute atomic E-state index is 12.7. The third-order valence-electron chi connectivity index (χ3n) is 4.87. The molecule has 6 heteroatoms. The zero-order chi connectivity index (χ0) is 19.7. The van der Waals surface area contributed by atoms with Gasteiger partial charge < -0.3 is 19.0 Å². The molecule has 1 unspecified atom stereocenters. The van der Waals surface area contributed by atoms with E-state index in [1.807, 2.05) is 30.3 Å². The van der Waals surface area contributed by atoms with Gasteiger partial charge in [-0.2, -0.15) is 0 Å². The first-order valence-electron chi connectivity index (χ1n) is 8.82. The molecule has 1 aromatic heterocycles. The van der Waals surface area contributed by atoms with Crippen LogP contribution in [0.1, 0.15) is 23.5 Å². The van der Waals surface area contributed by atoms with Crippen LogP contribution in [-0.4, -0.2) is 24.8 Å². The number of carbonyl (C=O) groups excluding carboxylic acids is 1. The van der Waals surface area contributed by atoms with Crippen LogP contribution in [0.5, 0.6) is 11.5 Å². The smallest absolute Gasteiger partial charge is 0.343 e. The minimum Gasteiger partial charge on any atom is -0.507 e. The summed E-state index contributed by atoms with van der Waals surface area (Å²) in [7, 11) is 1.28. The van der Waals surface area contributed by atoms with E-state index in [0.29, 0.717) is 11.0 Å². The van der Waals surface area contributed by atoms with E-state index in [2.05, 4.69) is 0 Å². The molecule has 0 fully saturated rings. The van der Waals surface area contributed by atoms with Crippen LogP contribution >= 0.6 is 0 Å². The molecule has 1 aliphatic rings. The van der Waals surface area contributed by atoms with Crippen molar-refractivity contribution in [2.24, 2.45) is 0 Å². The Bertz CT molecular complexity index is 1140. The molecule has 28 heavy (non-hydrogen) atoms. The molecule has 0 aliphatic carbocycles. The van der Waals surface area contributed by atoms with E-state index in [-0.39, 0.29) is 29.9 Å². The van der Waals surface area contributed by atoms with Crippen LogP contribution in [0.3, 0.4) is 0 Å². The normalized spacial score (nSPS) is 14.0. The highest BCUT2D eigenvalue weighted by Crippen LogP contribution is 2.39. The highest BCUT2D eigenvalue weighted by molar-refractivity contribution is 5.85. The second-order valence-electron chi connectivity index (χ2n) is 6.53. The monoisotopic (exact) mass is 378 g/mol. The molecule has 4 rings (SSSR count). The Labute approximate surface area is 160 Å². The van der Waals surface area contributed by atoms with Crippen molar-refractivity contribution in [3.63, 3.8) is 0 Å². The zero-order valence-electron chi connectivity index (χ0n) is 15.2. The summed E-state index contributed by atoms with van der Waals surface area (Å²) in [5.41, 5.74) is 1.14. The Balaban J connectivity index is 1.89. The maximum Gasteiger partial charge on any atom is 0.343 e. The first kappa shape index (κ1) is 17.9. The standard InChI is InChI=1S/C22H18O6/c1-26-19(23)11-16(14-10-13-6-2-4-8-17(13)27-12-14)20-21(24)15-7-3-5-9-18(15)28-22(20)25/h2-10,16,24H,11-12H2,1H3.